The molecule has 0 saturated carbocycles. The Morgan fingerprint density at radius 3 is 2.48 bits per heavy atom. The van der Waals surface area contributed by atoms with E-state index >= 15 is 0 Å². The van der Waals surface area contributed by atoms with Crippen LogP contribution in [0.5, 0.6) is 17.2 Å². The topological polar surface area (TPSA) is 64.4 Å². The Labute approximate surface area is 180 Å². The van der Waals surface area contributed by atoms with Crippen LogP contribution in [0, 0.1) is 0 Å². The summed E-state index contributed by atoms with van der Waals surface area (Å²) in [7, 11) is 0. The van der Waals surface area contributed by atoms with Crippen molar-refractivity contribution in [2.75, 3.05) is 39.6 Å². The molecule has 2 aliphatic heterocycles. The summed E-state index contributed by atoms with van der Waals surface area (Å²) in [5.41, 5.74) is 2.50. The van der Waals surface area contributed by atoms with Crippen molar-refractivity contribution in [1.29, 1.82) is 0 Å². The van der Waals surface area contributed by atoms with Gasteiger partial charge in [0, 0.05) is 50.7 Å². The lowest BCUT2D eigenvalue weighted by Gasteiger charge is -2.34. The molecule has 162 valence electrons. The van der Waals surface area contributed by atoms with Crippen LogP contribution in [0.4, 0.5) is 0 Å². The fourth-order valence-corrected chi connectivity index (χ4v) is 4.24. The van der Waals surface area contributed by atoms with Crippen LogP contribution in [-0.2, 0) is 13.1 Å². The fraction of sp³-hybridized carbons (Fsp3) is 0.375. The number of piperazine rings is 1. The minimum Gasteiger partial charge on any atom is -0.494 e. The van der Waals surface area contributed by atoms with Crippen LogP contribution in [0.2, 0.25) is 0 Å². The van der Waals surface area contributed by atoms with Crippen molar-refractivity contribution in [2.24, 2.45) is 0 Å². The molecule has 5 rings (SSSR count). The standard InChI is InChI=1S/C24H26N2O5/c1-2-28-19-4-6-21-20(13-19)18(12-24(27)31-21)15-26-9-7-25(8-10-26)14-17-3-5-22-23(11-17)30-16-29-22/h3-6,11-13H,2,7-10,14-16H2,1H3. The summed E-state index contributed by atoms with van der Waals surface area (Å²) in [5, 5.41) is 0.938. The first kappa shape index (κ1) is 19.9. The molecule has 0 aliphatic carbocycles. The molecule has 0 unspecified atom stereocenters. The number of hydrogen-bond donors (Lipinski definition) is 0. The highest BCUT2D eigenvalue weighted by Crippen LogP contribution is 2.33. The second-order valence-corrected chi connectivity index (χ2v) is 7.92. The highest BCUT2D eigenvalue weighted by molar-refractivity contribution is 5.81. The van der Waals surface area contributed by atoms with E-state index in [0.717, 1.165) is 67.5 Å². The molecule has 3 heterocycles. The summed E-state index contributed by atoms with van der Waals surface area (Å²) in [6.45, 7) is 8.29. The van der Waals surface area contributed by atoms with E-state index in [1.54, 1.807) is 6.07 Å². The second-order valence-electron chi connectivity index (χ2n) is 7.92. The Balaban J connectivity index is 1.24. The lowest BCUT2D eigenvalue weighted by Crippen LogP contribution is -2.45. The van der Waals surface area contributed by atoms with Gasteiger partial charge in [-0.1, -0.05) is 6.07 Å². The van der Waals surface area contributed by atoms with Gasteiger partial charge in [0.25, 0.3) is 0 Å². The van der Waals surface area contributed by atoms with Crippen LogP contribution in [0.15, 0.2) is 51.7 Å². The van der Waals surface area contributed by atoms with Crippen molar-refractivity contribution < 1.29 is 18.6 Å². The number of hydrogen-bond acceptors (Lipinski definition) is 7. The smallest absolute Gasteiger partial charge is 0.336 e. The van der Waals surface area contributed by atoms with E-state index in [2.05, 4.69) is 21.9 Å². The van der Waals surface area contributed by atoms with Crippen LogP contribution < -0.4 is 19.8 Å². The van der Waals surface area contributed by atoms with Crippen molar-refractivity contribution in [1.82, 2.24) is 9.80 Å². The fourth-order valence-electron chi connectivity index (χ4n) is 4.24. The van der Waals surface area contributed by atoms with Gasteiger partial charge in [-0.3, -0.25) is 9.80 Å². The number of benzene rings is 2. The van der Waals surface area contributed by atoms with Crippen molar-refractivity contribution in [3.05, 3.63) is 64.0 Å². The summed E-state index contributed by atoms with van der Waals surface area (Å²) in [6.07, 6.45) is 0. The van der Waals surface area contributed by atoms with E-state index in [1.165, 1.54) is 5.56 Å². The number of fused-ring (bicyclic) bond motifs is 2. The van der Waals surface area contributed by atoms with Gasteiger partial charge in [-0.15, -0.1) is 0 Å². The van der Waals surface area contributed by atoms with Crippen molar-refractivity contribution >= 4 is 11.0 Å². The van der Waals surface area contributed by atoms with Gasteiger partial charge < -0.3 is 18.6 Å². The molecule has 1 saturated heterocycles. The average molecular weight is 422 g/mol. The van der Waals surface area contributed by atoms with Gasteiger partial charge in [0.2, 0.25) is 6.79 Å². The third kappa shape index (κ3) is 4.38. The SMILES string of the molecule is CCOc1ccc2oc(=O)cc(CN3CCN(Cc4ccc5c(c4)OCO5)CC3)c2c1. The minimum atomic E-state index is -0.312. The van der Waals surface area contributed by atoms with Crippen molar-refractivity contribution in [3.8, 4) is 17.2 Å². The lowest BCUT2D eigenvalue weighted by molar-refractivity contribution is 0.122. The zero-order valence-corrected chi connectivity index (χ0v) is 17.6. The van der Waals surface area contributed by atoms with E-state index in [0.29, 0.717) is 19.0 Å². The van der Waals surface area contributed by atoms with Crippen LogP contribution in [0.25, 0.3) is 11.0 Å². The molecule has 0 atom stereocenters. The molecule has 2 aromatic carbocycles. The van der Waals surface area contributed by atoms with Crippen LogP contribution in [-0.4, -0.2) is 49.4 Å². The molecule has 7 heteroatoms. The summed E-state index contributed by atoms with van der Waals surface area (Å²) in [6, 6.07) is 13.4. The lowest BCUT2D eigenvalue weighted by atomic mass is 10.1. The first-order valence-corrected chi connectivity index (χ1v) is 10.7. The van der Waals surface area contributed by atoms with E-state index in [1.807, 2.05) is 31.2 Å². The first-order chi connectivity index (χ1) is 15.2. The van der Waals surface area contributed by atoms with Crippen LogP contribution in [0.3, 0.4) is 0 Å². The summed E-state index contributed by atoms with van der Waals surface area (Å²) < 4.78 is 21.9. The molecule has 31 heavy (non-hydrogen) atoms. The number of ether oxygens (including phenoxy) is 3. The van der Waals surface area contributed by atoms with Gasteiger partial charge in [0.1, 0.15) is 11.3 Å². The quantitative estimate of drug-likeness (QED) is 0.565. The molecule has 7 nitrogen and oxygen atoms in total. The van der Waals surface area contributed by atoms with Crippen molar-refractivity contribution in [2.45, 2.75) is 20.0 Å². The predicted molar refractivity (Wildman–Crippen MR) is 117 cm³/mol. The Hall–Kier alpha value is -3.03. The molecule has 0 amide bonds. The van der Waals surface area contributed by atoms with Gasteiger partial charge in [-0.2, -0.15) is 0 Å². The largest absolute Gasteiger partial charge is 0.494 e. The Morgan fingerprint density at radius 2 is 1.68 bits per heavy atom. The molecule has 2 aliphatic rings. The minimum absolute atomic E-state index is 0.302. The number of nitrogens with zero attached hydrogens (tertiary/aromatic N) is 2. The molecule has 3 aromatic rings. The van der Waals surface area contributed by atoms with Gasteiger partial charge >= 0.3 is 5.63 Å². The summed E-state index contributed by atoms with van der Waals surface area (Å²) in [4.78, 5) is 16.9. The highest BCUT2D eigenvalue weighted by atomic mass is 16.7. The molecular formula is C24H26N2O5. The monoisotopic (exact) mass is 422 g/mol. The highest BCUT2D eigenvalue weighted by Gasteiger charge is 2.20. The Kier molecular flexibility index (Phi) is 5.53. The summed E-state index contributed by atoms with van der Waals surface area (Å²) >= 11 is 0. The molecule has 0 N–H and O–H groups in total. The third-order valence-corrected chi connectivity index (χ3v) is 5.81. The Bertz CT molecular complexity index is 1130. The van der Waals surface area contributed by atoms with Gasteiger partial charge in [-0.05, 0) is 48.4 Å². The molecule has 1 aromatic heterocycles. The normalized spacial score (nSPS) is 16.7. The number of rotatable bonds is 6. The van der Waals surface area contributed by atoms with Gasteiger partial charge in [0.15, 0.2) is 11.5 Å². The van der Waals surface area contributed by atoms with E-state index in [4.69, 9.17) is 18.6 Å². The van der Waals surface area contributed by atoms with Crippen LogP contribution in [0.1, 0.15) is 18.1 Å². The van der Waals surface area contributed by atoms with E-state index in [9.17, 15) is 4.79 Å². The maximum absolute atomic E-state index is 12.0. The van der Waals surface area contributed by atoms with Gasteiger partial charge in [0.05, 0.1) is 6.61 Å². The zero-order chi connectivity index (χ0) is 21.2. The molecule has 1 fully saturated rings. The van der Waals surface area contributed by atoms with E-state index in [-0.39, 0.29) is 5.63 Å². The van der Waals surface area contributed by atoms with Crippen molar-refractivity contribution in [3.63, 3.8) is 0 Å². The van der Waals surface area contributed by atoms with E-state index < -0.39 is 0 Å². The third-order valence-electron chi connectivity index (χ3n) is 5.81. The molecule has 0 bridgehead atoms. The molecular weight excluding hydrogens is 396 g/mol. The maximum atomic E-state index is 12.0. The Morgan fingerprint density at radius 1 is 0.903 bits per heavy atom. The first-order valence-electron chi connectivity index (χ1n) is 10.7. The molecule has 0 spiro atoms. The maximum Gasteiger partial charge on any atom is 0.336 e. The summed E-state index contributed by atoms with van der Waals surface area (Å²) in [5.74, 6) is 2.44. The average Bonchev–Trinajstić information content (AvgIpc) is 3.24. The zero-order valence-electron chi connectivity index (χ0n) is 17.6. The predicted octanol–water partition coefficient (Wildman–Crippen LogP) is 3.24. The van der Waals surface area contributed by atoms with Gasteiger partial charge in [-0.25, -0.2) is 4.79 Å². The second kappa shape index (κ2) is 8.61. The van der Waals surface area contributed by atoms with Crippen LogP contribution >= 0.6 is 0 Å². The molecule has 0 radical (unpaired) electrons.